The SMILES string of the molecule is CCS(=O)(=O)Nc1ccc(Oc2c(C)cc(F)cc2C)c(-c2cn(C)c(=O)c3oc(-c4nnc(C)o4)cc23)c1. The number of sulfonamides is 1. The van der Waals surface area contributed by atoms with Crippen molar-refractivity contribution >= 4 is 26.7 Å². The number of anilines is 1. The fourth-order valence-electron chi connectivity index (χ4n) is 4.26. The number of ether oxygens (including phenoxy) is 1. The average Bonchev–Trinajstić information content (AvgIpc) is 3.51. The first-order valence-corrected chi connectivity index (χ1v) is 13.6. The number of halogens is 1. The van der Waals surface area contributed by atoms with Crippen molar-refractivity contribution in [2.45, 2.75) is 27.7 Å². The normalized spacial score (nSPS) is 11.7. The number of hydrogen-bond acceptors (Lipinski definition) is 8. The summed E-state index contributed by atoms with van der Waals surface area (Å²) in [4.78, 5) is 13.0. The molecule has 5 rings (SSSR count). The van der Waals surface area contributed by atoms with E-state index in [4.69, 9.17) is 13.6 Å². The van der Waals surface area contributed by atoms with Gasteiger partial charge in [-0.15, -0.1) is 10.2 Å². The van der Waals surface area contributed by atoms with Crippen LogP contribution in [0.25, 0.3) is 33.7 Å². The number of aryl methyl sites for hydroxylation is 4. The molecule has 1 N–H and O–H groups in total. The van der Waals surface area contributed by atoms with Gasteiger partial charge in [-0.25, -0.2) is 12.8 Å². The molecule has 3 aromatic heterocycles. The molecular weight excluding hydrogens is 527 g/mol. The number of benzene rings is 2. The van der Waals surface area contributed by atoms with E-state index in [0.717, 1.165) is 0 Å². The van der Waals surface area contributed by atoms with E-state index in [0.29, 0.717) is 50.7 Å². The van der Waals surface area contributed by atoms with Gasteiger partial charge in [0.2, 0.25) is 21.5 Å². The van der Waals surface area contributed by atoms with Crippen molar-refractivity contribution in [1.29, 1.82) is 0 Å². The summed E-state index contributed by atoms with van der Waals surface area (Å²) in [6.07, 6.45) is 1.60. The molecule has 0 unspecified atom stereocenters. The van der Waals surface area contributed by atoms with Crippen molar-refractivity contribution < 1.29 is 26.4 Å². The lowest BCUT2D eigenvalue weighted by atomic mass is 10.0. The number of pyridine rings is 1. The zero-order chi connectivity index (χ0) is 28.1. The quantitative estimate of drug-likeness (QED) is 0.282. The number of nitrogens with one attached hydrogen (secondary N) is 1. The summed E-state index contributed by atoms with van der Waals surface area (Å²) in [6.45, 7) is 6.63. The fourth-order valence-corrected chi connectivity index (χ4v) is 4.89. The minimum Gasteiger partial charge on any atom is -0.456 e. The zero-order valence-corrected chi connectivity index (χ0v) is 22.6. The summed E-state index contributed by atoms with van der Waals surface area (Å²) in [5.41, 5.74) is 2.08. The number of rotatable bonds is 7. The molecular formula is C27H25FN4O6S. The van der Waals surface area contributed by atoms with E-state index in [1.807, 2.05) is 0 Å². The number of fused-ring (bicyclic) bond motifs is 1. The van der Waals surface area contributed by atoms with Gasteiger partial charge >= 0.3 is 0 Å². The van der Waals surface area contributed by atoms with Crippen LogP contribution < -0.4 is 15.0 Å². The molecule has 202 valence electrons. The second-order valence-electron chi connectivity index (χ2n) is 9.13. The first-order chi connectivity index (χ1) is 18.5. The lowest BCUT2D eigenvalue weighted by molar-refractivity contribution is 0.474. The summed E-state index contributed by atoms with van der Waals surface area (Å²) in [5.74, 6) is 0.936. The fraction of sp³-hybridized carbons (Fsp3) is 0.222. The van der Waals surface area contributed by atoms with Gasteiger partial charge < -0.3 is 18.1 Å². The van der Waals surface area contributed by atoms with Crippen molar-refractivity contribution in [3.8, 4) is 34.3 Å². The molecule has 10 nitrogen and oxygen atoms in total. The third-order valence-electron chi connectivity index (χ3n) is 6.16. The molecule has 0 spiro atoms. The smallest absolute Gasteiger partial charge is 0.293 e. The van der Waals surface area contributed by atoms with Gasteiger partial charge in [-0.1, -0.05) is 0 Å². The highest BCUT2D eigenvalue weighted by atomic mass is 32.2. The van der Waals surface area contributed by atoms with E-state index < -0.39 is 15.6 Å². The summed E-state index contributed by atoms with van der Waals surface area (Å²) >= 11 is 0. The molecule has 12 heteroatoms. The minimum absolute atomic E-state index is 0.0421. The molecule has 0 aliphatic rings. The number of furan rings is 1. The molecule has 0 aliphatic heterocycles. The molecule has 39 heavy (non-hydrogen) atoms. The van der Waals surface area contributed by atoms with Crippen LogP contribution in [0, 0.1) is 26.6 Å². The van der Waals surface area contributed by atoms with Crippen LogP contribution in [0.2, 0.25) is 0 Å². The Hall–Kier alpha value is -4.45. The van der Waals surface area contributed by atoms with Crippen LogP contribution in [-0.4, -0.2) is 28.9 Å². The standard InChI is InChI=1S/C27H25FN4O6S/c1-6-39(34,35)31-18-7-8-22(37-24-14(2)9-17(28)10-15(24)3)19(11-18)21-13-32(5)27(33)25-20(21)12-23(38-25)26-30-29-16(4)36-26/h7-13,31H,6H2,1-5H3. The van der Waals surface area contributed by atoms with Gasteiger partial charge in [0.15, 0.2) is 5.76 Å². The second kappa shape index (κ2) is 9.70. The highest BCUT2D eigenvalue weighted by Gasteiger charge is 2.22. The van der Waals surface area contributed by atoms with Gasteiger partial charge in [0.05, 0.1) is 5.75 Å². The number of aromatic nitrogens is 3. The Morgan fingerprint density at radius 3 is 2.38 bits per heavy atom. The maximum atomic E-state index is 14.0. The van der Waals surface area contributed by atoms with E-state index in [1.54, 1.807) is 58.3 Å². The Balaban J connectivity index is 1.76. The predicted molar refractivity (Wildman–Crippen MR) is 144 cm³/mol. The van der Waals surface area contributed by atoms with Gasteiger partial charge in [0.1, 0.15) is 17.3 Å². The van der Waals surface area contributed by atoms with Gasteiger partial charge in [0.25, 0.3) is 11.4 Å². The van der Waals surface area contributed by atoms with Gasteiger partial charge in [-0.3, -0.25) is 9.52 Å². The molecule has 0 saturated carbocycles. The summed E-state index contributed by atoms with van der Waals surface area (Å²) < 4.78 is 60.1. The predicted octanol–water partition coefficient (Wildman–Crippen LogP) is 5.47. The third kappa shape index (κ3) is 5.02. The van der Waals surface area contributed by atoms with Gasteiger partial charge in [-0.2, -0.15) is 0 Å². The monoisotopic (exact) mass is 552 g/mol. The molecule has 0 bridgehead atoms. The molecule has 0 saturated heterocycles. The largest absolute Gasteiger partial charge is 0.456 e. The summed E-state index contributed by atoms with van der Waals surface area (Å²) in [7, 11) is -2.01. The highest BCUT2D eigenvalue weighted by molar-refractivity contribution is 7.92. The van der Waals surface area contributed by atoms with Crippen molar-refractivity contribution in [3.05, 3.63) is 75.8 Å². The maximum Gasteiger partial charge on any atom is 0.293 e. The number of hydrogen-bond donors (Lipinski definition) is 1. The topological polar surface area (TPSA) is 129 Å². The van der Waals surface area contributed by atoms with E-state index in [-0.39, 0.29) is 28.8 Å². The van der Waals surface area contributed by atoms with Crippen molar-refractivity contribution in [2.75, 3.05) is 10.5 Å². The Bertz CT molecular complexity index is 1880. The molecule has 0 amide bonds. The van der Waals surface area contributed by atoms with Crippen molar-refractivity contribution in [3.63, 3.8) is 0 Å². The first kappa shape index (κ1) is 26.2. The molecule has 2 aromatic carbocycles. The maximum absolute atomic E-state index is 14.0. The summed E-state index contributed by atoms with van der Waals surface area (Å²) in [5, 5.41) is 8.23. The van der Waals surface area contributed by atoms with E-state index >= 15 is 0 Å². The lowest BCUT2D eigenvalue weighted by Gasteiger charge is -2.17. The Morgan fingerprint density at radius 2 is 1.74 bits per heavy atom. The van der Waals surface area contributed by atoms with Crippen LogP contribution in [0.4, 0.5) is 10.1 Å². The molecule has 3 heterocycles. The highest BCUT2D eigenvalue weighted by Crippen LogP contribution is 2.41. The van der Waals surface area contributed by atoms with Crippen LogP contribution in [0.1, 0.15) is 23.9 Å². The minimum atomic E-state index is -3.58. The van der Waals surface area contributed by atoms with E-state index in [9.17, 15) is 17.6 Å². The molecule has 0 radical (unpaired) electrons. The number of nitrogens with zero attached hydrogens (tertiary/aromatic N) is 3. The van der Waals surface area contributed by atoms with Crippen LogP contribution in [0.3, 0.4) is 0 Å². The van der Waals surface area contributed by atoms with Gasteiger partial charge in [-0.05, 0) is 68.3 Å². The Morgan fingerprint density at radius 1 is 1.03 bits per heavy atom. The molecule has 5 aromatic rings. The van der Waals surface area contributed by atoms with E-state index in [2.05, 4.69) is 14.9 Å². The lowest BCUT2D eigenvalue weighted by Crippen LogP contribution is -2.16. The van der Waals surface area contributed by atoms with Crippen LogP contribution in [-0.2, 0) is 17.1 Å². The molecule has 0 fully saturated rings. The zero-order valence-electron chi connectivity index (χ0n) is 21.8. The average molecular weight is 553 g/mol. The Labute approximate surface area is 223 Å². The van der Waals surface area contributed by atoms with Crippen LogP contribution >= 0.6 is 0 Å². The van der Waals surface area contributed by atoms with Crippen molar-refractivity contribution in [1.82, 2.24) is 14.8 Å². The van der Waals surface area contributed by atoms with E-state index in [1.165, 1.54) is 23.6 Å². The third-order valence-corrected chi connectivity index (χ3v) is 7.46. The summed E-state index contributed by atoms with van der Waals surface area (Å²) in [6, 6.07) is 9.14. The molecule has 0 atom stereocenters. The van der Waals surface area contributed by atoms with Crippen molar-refractivity contribution in [2.24, 2.45) is 7.05 Å². The molecule has 0 aliphatic carbocycles. The van der Waals surface area contributed by atoms with Gasteiger partial charge in [0, 0.05) is 42.4 Å². The first-order valence-electron chi connectivity index (χ1n) is 12.0. The van der Waals surface area contributed by atoms with Crippen LogP contribution in [0.15, 0.2) is 56.2 Å². The van der Waals surface area contributed by atoms with Crippen LogP contribution in [0.5, 0.6) is 11.5 Å². The Kier molecular flexibility index (Phi) is 6.51. The second-order valence-corrected chi connectivity index (χ2v) is 11.1.